The summed E-state index contributed by atoms with van der Waals surface area (Å²) in [5.74, 6) is -4.43. The summed E-state index contributed by atoms with van der Waals surface area (Å²) in [7, 11) is 1.55. The summed E-state index contributed by atoms with van der Waals surface area (Å²) in [5, 5.41) is 2.79. The van der Waals surface area contributed by atoms with Gasteiger partial charge in [-0.3, -0.25) is 0 Å². The van der Waals surface area contributed by atoms with Crippen molar-refractivity contribution in [1.82, 2.24) is 5.32 Å². The number of rotatable bonds is 3. The van der Waals surface area contributed by atoms with Gasteiger partial charge < -0.3 is 5.32 Å². The van der Waals surface area contributed by atoms with Crippen LogP contribution in [0, 0.1) is 23.3 Å². The quantitative estimate of drug-likeness (QED) is 0.663. The molecule has 5 heteroatoms. The van der Waals surface area contributed by atoms with E-state index in [-0.39, 0.29) is 5.56 Å². The molecule has 19 heavy (non-hydrogen) atoms. The van der Waals surface area contributed by atoms with Crippen LogP contribution < -0.4 is 5.32 Å². The molecule has 1 N–H and O–H groups in total. The highest BCUT2D eigenvalue weighted by Gasteiger charge is 2.21. The first kappa shape index (κ1) is 13.5. The topological polar surface area (TPSA) is 12.0 Å². The van der Waals surface area contributed by atoms with Crippen molar-refractivity contribution in [2.45, 2.75) is 6.04 Å². The van der Waals surface area contributed by atoms with Crippen molar-refractivity contribution in [2.75, 3.05) is 7.05 Å². The molecule has 0 aromatic heterocycles. The fraction of sp³-hybridized carbons (Fsp3) is 0.143. The molecule has 0 fully saturated rings. The Labute approximate surface area is 107 Å². The minimum atomic E-state index is -1.51. The maximum atomic E-state index is 13.7. The molecule has 0 spiro atoms. The van der Waals surface area contributed by atoms with Gasteiger partial charge in [0.2, 0.25) is 0 Å². The molecule has 2 aromatic carbocycles. The molecule has 1 unspecified atom stereocenters. The van der Waals surface area contributed by atoms with Crippen LogP contribution in [0.2, 0.25) is 0 Å². The zero-order valence-electron chi connectivity index (χ0n) is 10.1. The third kappa shape index (κ3) is 2.61. The van der Waals surface area contributed by atoms with Gasteiger partial charge in [0.25, 0.3) is 0 Å². The Morgan fingerprint density at radius 2 is 1.47 bits per heavy atom. The van der Waals surface area contributed by atoms with Gasteiger partial charge in [0.15, 0.2) is 17.5 Å². The van der Waals surface area contributed by atoms with Crippen molar-refractivity contribution in [3.8, 4) is 0 Å². The first-order valence-electron chi connectivity index (χ1n) is 5.60. The highest BCUT2D eigenvalue weighted by Crippen LogP contribution is 2.26. The molecule has 0 aliphatic rings. The van der Waals surface area contributed by atoms with Crippen molar-refractivity contribution >= 4 is 0 Å². The monoisotopic (exact) mass is 269 g/mol. The van der Waals surface area contributed by atoms with E-state index in [0.717, 1.165) is 12.1 Å². The summed E-state index contributed by atoms with van der Waals surface area (Å²) in [6, 6.07) is 6.69. The standard InChI is InChI=1S/C14H11F4N/c1-19-14(8-2-4-9(15)5-3-8)10-6-7-11(16)13(18)12(10)17/h2-7,14,19H,1H3. The molecule has 2 rings (SSSR count). The second-order valence-electron chi connectivity index (χ2n) is 4.04. The molecule has 2 aromatic rings. The Morgan fingerprint density at radius 1 is 0.842 bits per heavy atom. The molecule has 0 radical (unpaired) electrons. The number of halogens is 4. The Morgan fingerprint density at radius 3 is 2.05 bits per heavy atom. The Balaban J connectivity index is 2.48. The number of hydrogen-bond acceptors (Lipinski definition) is 1. The van der Waals surface area contributed by atoms with E-state index in [1.54, 1.807) is 7.05 Å². The summed E-state index contributed by atoms with van der Waals surface area (Å²) < 4.78 is 52.7. The largest absolute Gasteiger partial charge is 0.309 e. The van der Waals surface area contributed by atoms with Crippen LogP contribution in [0.15, 0.2) is 36.4 Å². The minimum Gasteiger partial charge on any atom is -0.309 e. The fourth-order valence-corrected chi connectivity index (χ4v) is 1.92. The van der Waals surface area contributed by atoms with Crippen molar-refractivity contribution in [3.05, 3.63) is 70.8 Å². The maximum Gasteiger partial charge on any atom is 0.194 e. The lowest BCUT2D eigenvalue weighted by molar-refractivity contribution is 0.435. The van der Waals surface area contributed by atoms with Gasteiger partial charge in [0, 0.05) is 5.56 Å². The van der Waals surface area contributed by atoms with Crippen molar-refractivity contribution < 1.29 is 17.6 Å². The molecule has 0 amide bonds. The molecule has 1 atom stereocenters. The predicted molar refractivity (Wildman–Crippen MR) is 63.6 cm³/mol. The van der Waals surface area contributed by atoms with Crippen molar-refractivity contribution in [1.29, 1.82) is 0 Å². The van der Waals surface area contributed by atoms with Gasteiger partial charge in [-0.05, 0) is 30.8 Å². The van der Waals surface area contributed by atoms with Crippen LogP contribution in [0.5, 0.6) is 0 Å². The van der Waals surface area contributed by atoms with Gasteiger partial charge in [-0.2, -0.15) is 0 Å². The number of benzene rings is 2. The van der Waals surface area contributed by atoms with Crippen LogP contribution >= 0.6 is 0 Å². The minimum absolute atomic E-state index is 0.0343. The first-order valence-corrected chi connectivity index (χ1v) is 5.60. The lowest BCUT2D eigenvalue weighted by Crippen LogP contribution is -2.19. The van der Waals surface area contributed by atoms with Crippen LogP contribution in [0.25, 0.3) is 0 Å². The third-order valence-electron chi connectivity index (χ3n) is 2.87. The SMILES string of the molecule is CNC(c1ccc(F)cc1)c1ccc(F)c(F)c1F. The van der Waals surface area contributed by atoms with Gasteiger partial charge in [0.1, 0.15) is 5.82 Å². The molecular weight excluding hydrogens is 258 g/mol. The maximum absolute atomic E-state index is 13.7. The Kier molecular flexibility index (Phi) is 3.85. The van der Waals surface area contributed by atoms with Gasteiger partial charge in [-0.15, -0.1) is 0 Å². The van der Waals surface area contributed by atoms with Crippen LogP contribution in [0.1, 0.15) is 17.2 Å². The molecule has 0 aliphatic carbocycles. The van der Waals surface area contributed by atoms with E-state index < -0.39 is 29.3 Å². The molecule has 0 bridgehead atoms. The van der Waals surface area contributed by atoms with E-state index in [9.17, 15) is 17.6 Å². The summed E-state index contributed by atoms with van der Waals surface area (Å²) in [6.07, 6.45) is 0. The molecule has 0 aliphatic heterocycles. The average Bonchev–Trinajstić information content (AvgIpc) is 2.41. The summed E-state index contributed by atoms with van der Waals surface area (Å²) >= 11 is 0. The molecule has 0 saturated carbocycles. The molecule has 1 nitrogen and oxygen atoms in total. The van der Waals surface area contributed by atoms with Crippen molar-refractivity contribution in [3.63, 3.8) is 0 Å². The molecule has 0 saturated heterocycles. The normalized spacial score (nSPS) is 12.5. The van der Waals surface area contributed by atoms with E-state index in [1.165, 1.54) is 24.3 Å². The summed E-state index contributed by atoms with van der Waals surface area (Å²) in [6.45, 7) is 0. The lowest BCUT2D eigenvalue weighted by Gasteiger charge is -2.18. The molecular formula is C14H11F4N. The zero-order chi connectivity index (χ0) is 14.0. The van der Waals surface area contributed by atoms with E-state index in [4.69, 9.17) is 0 Å². The average molecular weight is 269 g/mol. The summed E-state index contributed by atoms with van der Waals surface area (Å²) in [4.78, 5) is 0. The highest BCUT2D eigenvalue weighted by molar-refractivity contribution is 5.33. The van der Waals surface area contributed by atoms with E-state index in [0.29, 0.717) is 5.56 Å². The number of nitrogens with one attached hydrogen (secondary N) is 1. The smallest absolute Gasteiger partial charge is 0.194 e. The zero-order valence-corrected chi connectivity index (χ0v) is 10.1. The van der Waals surface area contributed by atoms with Gasteiger partial charge >= 0.3 is 0 Å². The third-order valence-corrected chi connectivity index (χ3v) is 2.87. The highest BCUT2D eigenvalue weighted by atomic mass is 19.2. The van der Waals surface area contributed by atoms with Crippen LogP contribution in [0.4, 0.5) is 17.6 Å². The molecule has 100 valence electrons. The fourth-order valence-electron chi connectivity index (χ4n) is 1.92. The molecule has 0 heterocycles. The Hall–Kier alpha value is -1.88. The van der Waals surface area contributed by atoms with Gasteiger partial charge in [0.05, 0.1) is 6.04 Å². The van der Waals surface area contributed by atoms with Crippen molar-refractivity contribution in [2.24, 2.45) is 0 Å². The van der Waals surface area contributed by atoms with Crippen LogP contribution in [0.3, 0.4) is 0 Å². The Bertz CT molecular complexity index is 581. The number of hydrogen-bond donors (Lipinski definition) is 1. The van der Waals surface area contributed by atoms with E-state index >= 15 is 0 Å². The second kappa shape index (κ2) is 5.40. The van der Waals surface area contributed by atoms with Gasteiger partial charge in [-0.1, -0.05) is 18.2 Å². The lowest BCUT2D eigenvalue weighted by atomic mass is 9.98. The first-order chi connectivity index (χ1) is 9.04. The van der Waals surface area contributed by atoms with Gasteiger partial charge in [-0.25, -0.2) is 17.6 Å². The van der Waals surface area contributed by atoms with E-state index in [1.807, 2.05) is 0 Å². The van der Waals surface area contributed by atoms with Crippen LogP contribution in [-0.2, 0) is 0 Å². The van der Waals surface area contributed by atoms with Crippen LogP contribution in [-0.4, -0.2) is 7.05 Å². The second-order valence-corrected chi connectivity index (χ2v) is 4.04. The van der Waals surface area contributed by atoms with E-state index in [2.05, 4.69) is 5.32 Å². The summed E-state index contributed by atoms with van der Waals surface area (Å²) in [5.41, 5.74) is 0.516. The predicted octanol–water partition coefficient (Wildman–Crippen LogP) is 3.55.